The Bertz CT molecular complexity index is 941. The Balaban J connectivity index is 2.07. The average molecular weight is 436 g/mol. The van der Waals surface area contributed by atoms with Gasteiger partial charge in [0.2, 0.25) is 10.0 Å². The second-order valence-electron chi connectivity index (χ2n) is 5.70. The Morgan fingerprint density at radius 1 is 1.15 bits per heavy atom. The molecule has 0 N–H and O–H groups in total. The maximum Gasteiger partial charge on any atom is 0.335 e. The van der Waals surface area contributed by atoms with Crippen molar-refractivity contribution in [3.63, 3.8) is 0 Å². The molecule has 26 heavy (non-hydrogen) atoms. The number of ether oxygens (including phenoxy) is 1. The van der Waals surface area contributed by atoms with Gasteiger partial charge in [-0.15, -0.1) is 0 Å². The van der Waals surface area contributed by atoms with Gasteiger partial charge in [0.15, 0.2) is 0 Å². The van der Waals surface area contributed by atoms with E-state index in [2.05, 4.69) is 15.9 Å². The molecule has 0 radical (unpaired) electrons. The molecule has 7 heteroatoms. The molecule has 0 bridgehead atoms. The van der Waals surface area contributed by atoms with Gasteiger partial charge >= 0.3 is 5.97 Å². The summed E-state index contributed by atoms with van der Waals surface area (Å²) < 4.78 is 33.5. The van der Waals surface area contributed by atoms with Crippen molar-refractivity contribution in [3.8, 4) is 0 Å². The molecule has 1 heterocycles. The second kappa shape index (κ2) is 7.73. The first kappa shape index (κ1) is 18.8. The molecule has 0 saturated heterocycles. The SMILES string of the molecule is CCOC(=O)C1=CCN(S(=O)(=O)c2ccccc2Br)C1c1ccccc1. The fourth-order valence-corrected chi connectivity index (χ4v) is 5.47. The number of sulfonamides is 1. The zero-order chi connectivity index (χ0) is 18.7. The summed E-state index contributed by atoms with van der Waals surface area (Å²) in [6, 6.07) is 15.0. The van der Waals surface area contributed by atoms with E-state index in [1.54, 1.807) is 37.3 Å². The highest BCUT2D eigenvalue weighted by atomic mass is 79.9. The first-order chi connectivity index (χ1) is 12.5. The zero-order valence-corrected chi connectivity index (χ0v) is 16.5. The van der Waals surface area contributed by atoms with Crippen molar-refractivity contribution in [2.45, 2.75) is 17.9 Å². The predicted octanol–water partition coefficient (Wildman–Crippen LogP) is 3.68. The van der Waals surface area contributed by atoms with Gasteiger partial charge in [0.1, 0.15) is 0 Å². The number of carbonyl (C=O) groups excluding carboxylic acids is 1. The van der Waals surface area contributed by atoms with E-state index in [9.17, 15) is 13.2 Å². The van der Waals surface area contributed by atoms with Crippen molar-refractivity contribution in [1.29, 1.82) is 0 Å². The third-order valence-electron chi connectivity index (χ3n) is 4.12. The summed E-state index contributed by atoms with van der Waals surface area (Å²) in [6.07, 6.45) is 1.63. The number of halogens is 1. The lowest BCUT2D eigenvalue weighted by Crippen LogP contribution is -2.33. The highest BCUT2D eigenvalue weighted by Crippen LogP contribution is 2.39. The topological polar surface area (TPSA) is 63.7 Å². The van der Waals surface area contributed by atoms with Crippen LogP contribution in [0.15, 0.2) is 75.6 Å². The molecule has 0 fully saturated rings. The molecule has 2 aromatic carbocycles. The average Bonchev–Trinajstić information content (AvgIpc) is 3.09. The summed E-state index contributed by atoms with van der Waals surface area (Å²) in [5, 5.41) is 0. The van der Waals surface area contributed by atoms with Crippen molar-refractivity contribution in [3.05, 3.63) is 76.3 Å². The summed E-state index contributed by atoms with van der Waals surface area (Å²) in [7, 11) is -3.82. The predicted molar refractivity (Wildman–Crippen MR) is 102 cm³/mol. The Labute approximate surface area is 161 Å². The normalized spacial score (nSPS) is 17.8. The van der Waals surface area contributed by atoms with E-state index in [4.69, 9.17) is 4.74 Å². The van der Waals surface area contributed by atoms with Gasteiger partial charge < -0.3 is 4.74 Å². The summed E-state index contributed by atoms with van der Waals surface area (Å²) >= 11 is 3.31. The molecular formula is C19H18BrNO4S. The van der Waals surface area contributed by atoms with Crippen molar-refractivity contribution >= 4 is 31.9 Å². The fraction of sp³-hybridized carbons (Fsp3) is 0.211. The van der Waals surface area contributed by atoms with E-state index in [1.165, 1.54) is 4.31 Å². The highest BCUT2D eigenvalue weighted by Gasteiger charge is 2.41. The Hall–Kier alpha value is -1.96. The van der Waals surface area contributed by atoms with Crippen molar-refractivity contribution < 1.29 is 17.9 Å². The molecule has 136 valence electrons. The van der Waals surface area contributed by atoms with Gasteiger partial charge in [0, 0.05) is 11.0 Å². The second-order valence-corrected chi connectivity index (χ2v) is 8.41. The number of rotatable bonds is 5. The van der Waals surface area contributed by atoms with Crippen LogP contribution in [-0.4, -0.2) is 31.8 Å². The van der Waals surface area contributed by atoms with Gasteiger partial charge in [0.05, 0.1) is 23.1 Å². The monoisotopic (exact) mass is 435 g/mol. The lowest BCUT2D eigenvalue weighted by molar-refractivity contribution is -0.138. The van der Waals surface area contributed by atoms with Crippen LogP contribution in [0.4, 0.5) is 0 Å². The van der Waals surface area contributed by atoms with Gasteiger partial charge in [0.25, 0.3) is 0 Å². The number of hydrogen-bond acceptors (Lipinski definition) is 4. The van der Waals surface area contributed by atoms with Crippen LogP contribution in [0.1, 0.15) is 18.5 Å². The molecule has 1 aliphatic heterocycles. The summed E-state index contributed by atoms with van der Waals surface area (Å²) in [6.45, 7) is 2.06. The van der Waals surface area contributed by atoms with E-state index in [0.717, 1.165) is 5.56 Å². The van der Waals surface area contributed by atoms with Crippen LogP contribution in [0.25, 0.3) is 0 Å². The first-order valence-electron chi connectivity index (χ1n) is 8.15. The van der Waals surface area contributed by atoms with Gasteiger partial charge in [-0.3, -0.25) is 0 Å². The van der Waals surface area contributed by atoms with Crippen LogP contribution in [0.2, 0.25) is 0 Å². The minimum absolute atomic E-state index is 0.109. The van der Waals surface area contributed by atoms with Gasteiger partial charge in [-0.25, -0.2) is 13.2 Å². The maximum atomic E-state index is 13.3. The van der Waals surface area contributed by atoms with Crippen LogP contribution in [0.3, 0.4) is 0 Å². The molecule has 0 aromatic heterocycles. The lowest BCUT2D eigenvalue weighted by atomic mass is 10.0. The van der Waals surface area contributed by atoms with Crippen LogP contribution in [-0.2, 0) is 19.6 Å². The van der Waals surface area contributed by atoms with E-state index in [0.29, 0.717) is 10.0 Å². The van der Waals surface area contributed by atoms with Crippen LogP contribution in [0.5, 0.6) is 0 Å². The van der Waals surface area contributed by atoms with Crippen LogP contribution in [0, 0.1) is 0 Å². The van der Waals surface area contributed by atoms with Crippen LogP contribution < -0.4 is 0 Å². The first-order valence-corrected chi connectivity index (χ1v) is 10.4. The number of carbonyl (C=O) groups is 1. The number of esters is 1. The van der Waals surface area contributed by atoms with Crippen molar-refractivity contribution in [2.75, 3.05) is 13.2 Å². The smallest absolute Gasteiger partial charge is 0.335 e. The van der Waals surface area contributed by atoms with E-state index in [-0.39, 0.29) is 18.0 Å². The van der Waals surface area contributed by atoms with Crippen molar-refractivity contribution in [2.24, 2.45) is 0 Å². The Morgan fingerprint density at radius 3 is 2.46 bits per heavy atom. The Kier molecular flexibility index (Phi) is 5.60. The molecule has 2 aromatic rings. The molecule has 0 aliphatic carbocycles. The highest BCUT2D eigenvalue weighted by molar-refractivity contribution is 9.10. The summed E-state index contributed by atoms with van der Waals surface area (Å²) in [5.74, 6) is -0.494. The fourth-order valence-electron chi connectivity index (χ4n) is 2.97. The number of benzene rings is 2. The molecular weight excluding hydrogens is 418 g/mol. The Morgan fingerprint density at radius 2 is 1.81 bits per heavy atom. The molecule has 0 spiro atoms. The third kappa shape index (κ3) is 3.47. The van der Waals surface area contributed by atoms with E-state index >= 15 is 0 Å². The minimum Gasteiger partial charge on any atom is -0.463 e. The lowest BCUT2D eigenvalue weighted by Gasteiger charge is -2.26. The maximum absolute atomic E-state index is 13.3. The van der Waals surface area contributed by atoms with E-state index < -0.39 is 22.0 Å². The van der Waals surface area contributed by atoms with Gasteiger partial charge in [-0.2, -0.15) is 4.31 Å². The van der Waals surface area contributed by atoms with Crippen LogP contribution >= 0.6 is 15.9 Å². The van der Waals surface area contributed by atoms with Gasteiger partial charge in [-0.05, 0) is 40.5 Å². The molecule has 3 rings (SSSR count). The summed E-state index contributed by atoms with van der Waals surface area (Å²) in [4.78, 5) is 12.5. The van der Waals surface area contributed by atoms with Gasteiger partial charge in [-0.1, -0.05) is 48.5 Å². The van der Waals surface area contributed by atoms with E-state index in [1.807, 2.05) is 30.3 Å². The van der Waals surface area contributed by atoms with Crippen molar-refractivity contribution in [1.82, 2.24) is 4.31 Å². The number of hydrogen-bond donors (Lipinski definition) is 0. The largest absolute Gasteiger partial charge is 0.463 e. The standard InChI is InChI=1S/C19H18BrNO4S/c1-2-25-19(22)15-12-13-21(18(15)14-8-4-3-5-9-14)26(23,24)17-11-7-6-10-16(17)20/h3-12,18H,2,13H2,1H3. The molecule has 1 aliphatic rings. The molecule has 5 nitrogen and oxygen atoms in total. The summed E-state index contributed by atoms with van der Waals surface area (Å²) in [5.41, 5.74) is 1.06. The quantitative estimate of drug-likeness (QED) is 0.671. The molecule has 0 saturated carbocycles. The molecule has 0 amide bonds. The molecule has 1 atom stereocenters. The third-order valence-corrected chi connectivity index (χ3v) is 6.97. The minimum atomic E-state index is -3.82. The zero-order valence-electron chi connectivity index (χ0n) is 14.1. The molecule has 1 unspecified atom stereocenters. The number of nitrogens with zero attached hydrogens (tertiary/aromatic N) is 1.